The zero-order chi connectivity index (χ0) is 21.4. The number of carbonyl (C=O) groups excluding carboxylic acids is 1. The Morgan fingerprint density at radius 1 is 1.23 bits per heavy atom. The zero-order valence-corrected chi connectivity index (χ0v) is 16.7. The summed E-state index contributed by atoms with van der Waals surface area (Å²) < 4.78 is 19.8. The number of aromatic nitrogens is 2. The molecule has 2 aromatic heterocycles. The highest BCUT2D eigenvalue weighted by Gasteiger charge is 2.36. The summed E-state index contributed by atoms with van der Waals surface area (Å²) in [5, 5.41) is 14.3. The number of nitrogens with zero attached hydrogens (tertiary/aromatic N) is 3. The SMILES string of the molecule is Cc1cc(C[C@@H]2CN(C(=O)c3c(C)ccn(-c4ccc(F)cc4)c3=O)C[C@@H]2O)on1. The Hall–Kier alpha value is -3.26. The van der Waals surface area contributed by atoms with Gasteiger partial charge in [0.15, 0.2) is 0 Å². The van der Waals surface area contributed by atoms with Crippen LogP contribution in [-0.4, -0.2) is 44.8 Å². The molecule has 2 atom stereocenters. The van der Waals surface area contributed by atoms with Crippen LogP contribution < -0.4 is 5.56 Å². The van der Waals surface area contributed by atoms with Crippen molar-refractivity contribution in [2.24, 2.45) is 5.92 Å². The number of amides is 1. The van der Waals surface area contributed by atoms with Crippen LogP contribution in [0.2, 0.25) is 0 Å². The number of likely N-dealkylation sites (tertiary alicyclic amines) is 1. The lowest BCUT2D eigenvalue weighted by Gasteiger charge is -2.18. The molecule has 0 bridgehead atoms. The molecule has 7 nitrogen and oxygen atoms in total. The predicted molar refractivity (Wildman–Crippen MR) is 107 cm³/mol. The van der Waals surface area contributed by atoms with Gasteiger partial charge < -0.3 is 14.5 Å². The molecule has 1 aliphatic rings. The molecule has 3 heterocycles. The zero-order valence-electron chi connectivity index (χ0n) is 16.7. The molecule has 0 unspecified atom stereocenters. The van der Waals surface area contributed by atoms with Gasteiger partial charge in [-0.3, -0.25) is 14.2 Å². The van der Waals surface area contributed by atoms with E-state index in [-0.39, 0.29) is 18.0 Å². The van der Waals surface area contributed by atoms with E-state index < -0.39 is 23.4 Å². The first-order valence-corrected chi connectivity index (χ1v) is 9.71. The number of hydrogen-bond donors (Lipinski definition) is 1. The number of carbonyl (C=O) groups is 1. The summed E-state index contributed by atoms with van der Waals surface area (Å²) in [6.07, 6.45) is 1.30. The average molecular weight is 411 g/mol. The van der Waals surface area contributed by atoms with Crippen LogP contribution in [0, 0.1) is 25.6 Å². The fourth-order valence-corrected chi connectivity index (χ4v) is 3.84. The molecule has 1 aliphatic heterocycles. The van der Waals surface area contributed by atoms with E-state index in [0.29, 0.717) is 30.0 Å². The van der Waals surface area contributed by atoms with Crippen LogP contribution in [0.4, 0.5) is 4.39 Å². The van der Waals surface area contributed by atoms with Gasteiger partial charge in [-0.2, -0.15) is 0 Å². The molecule has 8 heteroatoms. The molecular weight excluding hydrogens is 389 g/mol. The maximum absolute atomic E-state index is 13.2. The van der Waals surface area contributed by atoms with E-state index in [4.69, 9.17) is 4.52 Å². The van der Waals surface area contributed by atoms with Crippen LogP contribution in [0.15, 0.2) is 51.9 Å². The van der Waals surface area contributed by atoms with Gasteiger partial charge >= 0.3 is 0 Å². The minimum absolute atomic E-state index is 0.0465. The maximum atomic E-state index is 13.2. The van der Waals surface area contributed by atoms with Gasteiger partial charge in [-0.1, -0.05) is 5.16 Å². The molecular formula is C22H22FN3O4. The Bertz CT molecular complexity index is 1140. The van der Waals surface area contributed by atoms with Gasteiger partial charge in [-0.25, -0.2) is 4.39 Å². The van der Waals surface area contributed by atoms with Crippen molar-refractivity contribution >= 4 is 5.91 Å². The molecule has 30 heavy (non-hydrogen) atoms. The van der Waals surface area contributed by atoms with E-state index >= 15 is 0 Å². The van der Waals surface area contributed by atoms with Crippen LogP contribution >= 0.6 is 0 Å². The van der Waals surface area contributed by atoms with Crippen LogP contribution in [0.1, 0.15) is 27.4 Å². The third-order valence-corrected chi connectivity index (χ3v) is 5.45. The van der Waals surface area contributed by atoms with Crippen LogP contribution in [-0.2, 0) is 6.42 Å². The Balaban J connectivity index is 1.59. The summed E-state index contributed by atoms with van der Waals surface area (Å²) >= 11 is 0. The Morgan fingerprint density at radius 2 is 1.97 bits per heavy atom. The van der Waals surface area contributed by atoms with Crippen molar-refractivity contribution in [1.82, 2.24) is 14.6 Å². The molecule has 0 radical (unpaired) electrons. The van der Waals surface area contributed by atoms with E-state index in [1.807, 2.05) is 6.92 Å². The smallest absolute Gasteiger partial charge is 0.268 e. The van der Waals surface area contributed by atoms with Gasteiger partial charge in [-0.15, -0.1) is 0 Å². The number of benzene rings is 1. The number of aliphatic hydroxyl groups excluding tert-OH is 1. The molecule has 0 spiro atoms. The highest BCUT2D eigenvalue weighted by atomic mass is 19.1. The summed E-state index contributed by atoms with van der Waals surface area (Å²) in [4.78, 5) is 27.7. The van der Waals surface area contributed by atoms with E-state index in [9.17, 15) is 19.1 Å². The van der Waals surface area contributed by atoms with Gasteiger partial charge in [0.25, 0.3) is 11.5 Å². The van der Waals surface area contributed by atoms with Crippen LogP contribution in [0.25, 0.3) is 5.69 Å². The average Bonchev–Trinajstić information content (AvgIpc) is 3.28. The van der Waals surface area contributed by atoms with Crippen LogP contribution in [0.3, 0.4) is 0 Å². The van der Waals surface area contributed by atoms with Crippen molar-refractivity contribution in [2.75, 3.05) is 13.1 Å². The van der Waals surface area contributed by atoms with E-state index in [1.165, 1.54) is 33.7 Å². The Morgan fingerprint density at radius 3 is 2.63 bits per heavy atom. The standard InChI is InChI=1S/C22H22FN3O4/c1-13-7-8-26(17-5-3-16(23)4-6-17)22(29)20(13)21(28)25-11-15(19(27)12-25)10-18-9-14(2)24-30-18/h3-9,15,19,27H,10-12H2,1-2H3/t15-,19+/m1/s1. The molecule has 0 aliphatic carbocycles. The van der Waals surface area contributed by atoms with E-state index in [2.05, 4.69) is 5.16 Å². The summed E-state index contributed by atoms with van der Waals surface area (Å²) in [7, 11) is 0. The highest BCUT2D eigenvalue weighted by Crippen LogP contribution is 2.24. The first kappa shape index (κ1) is 20.0. The fourth-order valence-electron chi connectivity index (χ4n) is 3.84. The second-order valence-electron chi connectivity index (χ2n) is 7.70. The van der Waals surface area contributed by atoms with Gasteiger partial charge in [0.2, 0.25) is 0 Å². The number of pyridine rings is 1. The van der Waals surface area contributed by atoms with Crippen molar-refractivity contribution in [2.45, 2.75) is 26.4 Å². The fraction of sp³-hybridized carbons (Fsp3) is 0.318. The van der Waals surface area contributed by atoms with Crippen molar-refractivity contribution in [3.8, 4) is 5.69 Å². The molecule has 3 aromatic rings. The van der Waals surface area contributed by atoms with Crippen molar-refractivity contribution in [3.05, 3.63) is 81.3 Å². The topological polar surface area (TPSA) is 88.6 Å². The largest absolute Gasteiger partial charge is 0.391 e. The number of aryl methyl sites for hydroxylation is 2. The normalized spacial score (nSPS) is 18.7. The first-order chi connectivity index (χ1) is 14.3. The van der Waals surface area contributed by atoms with E-state index in [0.717, 1.165) is 5.69 Å². The first-order valence-electron chi connectivity index (χ1n) is 9.71. The third kappa shape index (κ3) is 3.78. The highest BCUT2D eigenvalue weighted by molar-refractivity contribution is 5.95. The van der Waals surface area contributed by atoms with Crippen molar-refractivity contribution in [3.63, 3.8) is 0 Å². The Kier molecular flexibility index (Phi) is 5.26. The molecule has 4 rings (SSSR count). The van der Waals surface area contributed by atoms with Crippen molar-refractivity contribution < 1.29 is 18.8 Å². The molecule has 1 aromatic carbocycles. The lowest BCUT2D eigenvalue weighted by Crippen LogP contribution is -2.36. The predicted octanol–water partition coefficient (Wildman–Crippen LogP) is 2.26. The van der Waals surface area contributed by atoms with Crippen molar-refractivity contribution in [1.29, 1.82) is 0 Å². The van der Waals surface area contributed by atoms with Crippen LogP contribution in [0.5, 0.6) is 0 Å². The minimum Gasteiger partial charge on any atom is -0.391 e. The van der Waals surface area contributed by atoms with Gasteiger partial charge in [0.05, 0.1) is 11.8 Å². The molecule has 1 fully saturated rings. The summed E-state index contributed by atoms with van der Waals surface area (Å²) in [6.45, 7) is 3.97. The van der Waals surface area contributed by atoms with Gasteiger partial charge in [0, 0.05) is 43.4 Å². The number of halogens is 1. The quantitative estimate of drug-likeness (QED) is 0.712. The lowest BCUT2D eigenvalue weighted by atomic mass is 10.0. The second-order valence-corrected chi connectivity index (χ2v) is 7.70. The molecule has 1 amide bonds. The number of β-amino-alcohol motifs (C(OH)–C–C–N with tert-alkyl or cyclic N) is 1. The minimum atomic E-state index is -0.720. The van der Waals surface area contributed by atoms with E-state index in [1.54, 1.807) is 25.3 Å². The number of hydrogen-bond acceptors (Lipinski definition) is 5. The third-order valence-electron chi connectivity index (χ3n) is 5.45. The lowest BCUT2D eigenvalue weighted by molar-refractivity contribution is 0.0761. The summed E-state index contributed by atoms with van der Waals surface area (Å²) in [5.74, 6) is -0.386. The van der Waals surface area contributed by atoms with Gasteiger partial charge in [-0.05, 0) is 49.7 Å². The Labute approximate surface area is 172 Å². The summed E-state index contributed by atoms with van der Waals surface area (Å²) in [6, 6.07) is 8.97. The molecule has 156 valence electrons. The monoisotopic (exact) mass is 411 g/mol. The number of aliphatic hydroxyl groups is 1. The van der Waals surface area contributed by atoms with Gasteiger partial charge in [0.1, 0.15) is 17.1 Å². The molecule has 1 saturated heterocycles. The number of rotatable bonds is 4. The summed E-state index contributed by atoms with van der Waals surface area (Å²) in [5.41, 5.74) is 1.34. The molecule has 0 saturated carbocycles. The maximum Gasteiger partial charge on any atom is 0.268 e. The molecule has 1 N–H and O–H groups in total. The second kappa shape index (κ2) is 7.87.